The van der Waals surface area contributed by atoms with Crippen molar-refractivity contribution in [1.29, 1.82) is 0 Å². The standard InChI is InChI=1S/C25H32O6/c1-13-11-22(2)14(10-17(13)26)9-15(21(28)29-4)20-16-5-7-24(8-6-19(27)31-24)23(16,3)12-18-25(20,22)30-18/h10,13,15-16,18,20H,5-9,11-12H2,1-4H3/t13?,15-,16?,18-,20?,22+,23+,24-,25-/m1/s1. The average Bonchev–Trinajstić information content (AvgIpc) is 3.21. The van der Waals surface area contributed by atoms with Gasteiger partial charge in [-0.3, -0.25) is 14.4 Å². The molecule has 3 saturated carbocycles. The molecule has 6 rings (SSSR count). The first-order chi connectivity index (χ1) is 14.6. The van der Waals surface area contributed by atoms with Crippen LogP contribution in [0.1, 0.15) is 65.7 Å². The molecule has 6 aliphatic rings. The molecule has 0 aromatic heterocycles. The molecule has 31 heavy (non-hydrogen) atoms. The van der Waals surface area contributed by atoms with Crippen molar-refractivity contribution in [2.75, 3.05) is 7.11 Å². The molecule has 0 amide bonds. The van der Waals surface area contributed by atoms with Crippen molar-refractivity contribution < 1.29 is 28.6 Å². The average molecular weight is 429 g/mol. The van der Waals surface area contributed by atoms with Crippen molar-refractivity contribution in [1.82, 2.24) is 0 Å². The topological polar surface area (TPSA) is 82.2 Å². The van der Waals surface area contributed by atoms with Crippen LogP contribution in [0.2, 0.25) is 0 Å². The third kappa shape index (κ3) is 2.11. The van der Waals surface area contributed by atoms with E-state index in [1.165, 1.54) is 7.11 Å². The Labute approximate surface area is 183 Å². The smallest absolute Gasteiger partial charge is 0.309 e. The van der Waals surface area contributed by atoms with Gasteiger partial charge in [0.15, 0.2) is 5.78 Å². The largest absolute Gasteiger partial charge is 0.469 e. The monoisotopic (exact) mass is 428 g/mol. The third-order valence-electron chi connectivity index (χ3n) is 10.5. The predicted octanol–water partition coefficient (Wildman–Crippen LogP) is 3.37. The Kier molecular flexibility index (Phi) is 3.74. The van der Waals surface area contributed by atoms with Crippen molar-refractivity contribution in [3.05, 3.63) is 11.6 Å². The summed E-state index contributed by atoms with van der Waals surface area (Å²) >= 11 is 0. The summed E-state index contributed by atoms with van der Waals surface area (Å²) in [5.41, 5.74) is -0.241. The van der Waals surface area contributed by atoms with Gasteiger partial charge in [-0.2, -0.15) is 0 Å². The molecule has 0 bridgehead atoms. The highest BCUT2D eigenvalue weighted by molar-refractivity contribution is 5.94. The van der Waals surface area contributed by atoms with Gasteiger partial charge in [-0.25, -0.2) is 0 Å². The van der Waals surface area contributed by atoms with Gasteiger partial charge in [0.1, 0.15) is 11.2 Å². The zero-order valence-electron chi connectivity index (χ0n) is 18.9. The second kappa shape index (κ2) is 5.81. The van der Waals surface area contributed by atoms with Gasteiger partial charge in [-0.05, 0) is 50.5 Å². The summed E-state index contributed by atoms with van der Waals surface area (Å²) in [5.74, 6) is -0.268. The fourth-order valence-electron chi connectivity index (χ4n) is 9.01. The molecule has 6 heteroatoms. The normalized spacial score (nSPS) is 54.3. The van der Waals surface area contributed by atoms with Crippen LogP contribution >= 0.6 is 0 Å². The summed E-state index contributed by atoms with van der Waals surface area (Å²) in [4.78, 5) is 37.8. The van der Waals surface area contributed by atoms with Crippen molar-refractivity contribution in [2.24, 2.45) is 34.5 Å². The second-order valence-corrected chi connectivity index (χ2v) is 11.5. The van der Waals surface area contributed by atoms with Gasteiger partial charge >= 0.3 is 11.9 Å². The minimum atomic E-state index is -0.430. The van der Waals surface area contributed by atoms with Gasteiger partial charge in [-0.15, -0.1) is 0 Å². The van der Waals surface area contributed by atoms with Gasteiger partial charge < -0.3 is 14.2 Å². The van der Waals surface area contributed by atoms with E-state index in [0.29, 0.717) is 12.8 Å². The molecule has 5 fully saturated rings. The number of esters is 2. The van der Waals surface area contributed by atoms with Crippen LogP contribution in [0.5, 0.6) is 0 Å². The molecule has 6 nitrogen and oxygen atoms in total. The number of carbonyl (C=O) groups excluding carboxylic acids is 3. The summed E-state index contributed by atoms with van der Waals surface area (Å²) in [6.45, 7) is 6.53. The Bertz CT molecular complexity index is 938. The number of ether oxygens (including phenoxy) is 3. The molecule has 2 spiro atoms. The molecule has 0 N–H and O–H groups in total. The van der Waals surface area contributed by atoms with Crippen LogP contribution in [-0.4, -0.2) is 42.1 Å². The van der Waals surface area contributed by atoms with Crippen LogP contribution in [0.4, 0.5) is 0 Å². The first-order valence-corrected chi connectivity index (χ1v) is 11.8. The van der Waals surface area contributed by atoms with E-state index in [-0.39, 0.29) is 58.3 Å². The van der Waals surface area contributed by atoms with Crippen LogP contribution in [0, 0.1) is 34.5 Å². The number of rotatable bonds is 1. The van der Waals surface area contributed by atoms with Gasteiger partial charge in [0, 0.05) is 29.1 Å². The zero-order valence-corrected chi connectivity index (χ0v) is 18.9. The Morgan fingerprint density at radius 2 is 1.97 bits per heavy atom. The van der Waals surface area contributed by atoms with E-state index in [1.54, 1.807) is 6.08 Å². The number of methoxy groups -OCH3 is 1. The van der Waals surface area contributed by atoms with Crippen LogP contribution in [-0.2, 0) is 28.6 Å². The van der Waals surface area contributed by atoms with E-state index in [1.807, 2.05) is 6.92 Å². The second-order valence-electron chi connectivity index (χ2n) is 11.5. The fourth-order valence-corrected chi connectivity index (χ4v) is 9.01. The first-order valence-electron chi connectivity index (χ1n) is 11.8. The molecule has 2 saturated heterocycles. The lowest BCUT2D eigenvalue weighted by Crippen LogP contribution is -2.63. The maximum absolute atomic E-state index is 13.1. The number of fused-ring (bicyclic) bond motifs is 4. The number of carbonyl (C=O) groups is 3. The van der Waals surface area contributed by atoms with Crippen LogP contribution in [0.25, 0.3) is 0 Å². The number of hydrogen-bond donors (Lipinski definition) is 0. The molecule has 0 radical (unpaired) electrons. The quantitative estimate of drug-likeness (QED) is 0.470. The molecule has 9 atom stereocenters. The Hall–Kier alpha value is -1.69. The summed E-state index contributed by atoms with van der Waals surface area (Å²) in [6, 6.07) is 0. The summed E-state index contributed by atoms with van der Waals surface area (Å²) < 4.78 is 18.0. The van der Waals surface area contributed by atoms with Gasteiger partial charge in [0.2, 0.25) is 0 Å². The summed E-state index contributed by atoms with van der Waals surface area (Å²) in [5, 5.41) is 0. The Morgan fingerprint density at radius 3 is 2.65 bits per heavy atom. The highest BCUT2D eigenvalue weighted by Crippen LogP contribution is 2.78. The highest BCUT2D eigenvalue weighted by Gasteiger charge is 2.83. The first kappa shape index (κ1) is 20.0. The minimum absolute atomic E-state index is 0.0185. The lowest BCUT2D eigenvalue weighted by atomic mass is 9.43. The van der Waals surface area contributed by atoms with Crippen LogP contribution in [0.3, 0.4) is 0 Å². The molecular weight excluding hydrogens is 396 g/mol. The SMILES string of the molecule is COC(=O)[C@@H]1CC2=CC(=O)C(C)C[C@]2(C)[C@@]23O[C@@H]2C[C@@]2(C)C(CC[C@@]24CCC(=O)O4)C13. The Balaban J connectivity index is 1.49. The van der Waals surface area contributed by atoms with E-state index in [0.717, 1.165) is 37.7 Å². The third-order valence-corrected chi connectivity index (χ3v) is 10.5. The summed E-state index contributed by atoms with van der Waals surface area (Å²) in [7, 11) is 1.45. The zero-order chi connectivity index (χ0) is 22.0. The molecule has 168 valence electrons. The van der Waals surface area contributed by atoms with Crippen LogP contribution in [0.15, 0.2) is 11.6 Å². The van der Waals surface area contributed by atoms with E-state index in [2.05, 4.69) is 13.8 Å². The van der Waals surface area contributed by atoms with Crippen molar-refractivity contribution in [3.63, 3.8) is 0 Å². The molecule has 4 aliphatic carbocycles. The van der Waals surface area contributed by atoms with Gasteiger partial charge in [0.25, 0.3) is 0 Å². The molecule has 0 aromatic carbocycles. The highest BCUT2D eigenvalue weighted by atomic mass is 16.6. The van der Waals surface area contributed by atoms with Crippen molar-refractivity contribution in [3.8, 4) is 0 Å². The fraction of sp³-hybridized carbons (Fsp3) is 0.800. The van der Waals surface area contributed by atoms with Gasteiger partial charge in [-0.1, -0.05) is 26.3 Å². The van der Waals surface area contributed by atoms with Crippen LogP contribution < -0.4 is 0 Å². The molecule has 2 aliphatic heterocycles. The maximum Gasteiger partial charge on any atom is 0.309 e. The van der Waals surface area contributed by atoms with E-state index >= 15 is 0 Å². The lowest BCUT2D eigenvalue weighted by Gasteiger charge is -2.59. The van der Waals surface area contributed by atoms with Gasteiger partial charge in [0.05, 0.1) is 19.1 Å². The summed E-state index contributed by atoms with van der Waals surface area (Å²) in [6.07, 6.45) is 7.04. The van der Waals surface area contributed by atoms with Crippen molar-refractivity contribution >= 4 is 17.7 Å². The lowest BCUT2D eigenvalue weighted by molar-refractivity contribution is -0.172. The predicted molar refractivity (Wildman–Crippen MR) is 110 cm³/mol. The maximum atomic E-state index is 13.1. The van der Waals surface area contributed by atoms with Crippen molar-refractivity contribution in [2.45, 2.75) is 83.0 Å². The van der Waals surface area contributed by atoms with E-state index < -0.39 is 11.2 Å². The molecule has 3 unspecified atom stereocenters. The molecule has 0 aromatic rings. The number of epoxide rings is 1. The van der Waals surface area contributed by atoms with E-state index in [9.17, 15) is 14.4 Å². The molecular formula is C25H32O6. The number of ketones is 1. The number of hydrogen-bond acceptors (Lipinski definition) is 6. The van der Waals surface area contributed by atoms with E-state index in [4.69, 9.17) is 14.2 Å². The molecule has 2 heterocycles. The minimum Gasteiger partial charge on any atom is -0.469 e. The Morgan fingerprint density at radius 1 is 1.19 bits per heavy atom.